The van der Waals surface area contributed by atoms with E-state index >= 15 is 0 Å². The summed E-state index contributed by atoms with van der Waals surface area (Å²) in [5, 5.41) is 9.22. The van der Waals surface area contributed by atoms with Gasteiger partial charge in [0.25, 0.3) is 0 Å². The van der Waals surface area contributed by atoms with Crippen LogP contribution < -0.4 is 4.74 Å². The average Bonchev–Trinajstić information content (AvgIpc) is 2.48. The van der Waals surface area contributed by atoms with Gasteiger partial charge in [-0.1, -0.05) is 37.6 Å². The number of hydrogen-bond acceptors (Lipinski definition) is 2. The summed E-state index contributed by atoms with van der Waals surface area (Å²) >= 11 is 0. The number of halogens is 1. The summed E-state index contributed by atoms with van der Waals surface area (Å²) in [4.78, 5) is 0. The summed E-state index contributed by atoms with van der Waals surface area (Å²) in [5.41, 5.74) is 1.69. The molecule has 0 aliphatic heterocycles. The molecular weight excluding hydrogens is 255 g/mol. The van der Waals surface area contributed by atoms with Gasteiger partial charge in [0.05, 0.1) is 6.61 Å². The first-order valence-electron chi connectivity index (χ1n) is 6.89. The highest BCUT2D eigenvalue weighted by molar-refractivity contribution is 5.39. The molecule has 0 fully saturated rings. The van der Waals surface area contributed by atoms with Crippen LogP contribution in [0.1, 0.15) is 30.9 Å². The largest absolute Gasteiger partial charge is 0.454 e. The predicted octanol–water partition coefficient (Wildman–Crippen LogP) is 4.45. The summed E-state index contributed by atoms with van der Waals surface area (Å²) in [7, 11) is 0. The summed E-state index contributed by atoms with van der Waals surface area (Å²) in [6.45, 7) is 1.91. The molecule has 0 spiro atoms. The van der Waals surface area contributed by atoms with Crippen LogP contribution in [0.3, 0.4) is 0 Å². The van der Waals surface area contributed by atoms with Gasteiger partial charge in [0.15, 0.2) is 11.6 Å². The summed E-state index contributed by atoms with van der Waals surface area (Å²) < 4.78 is 19.3. The topological polar surface area (TPSA) is 29.5 Å². The van der Waals surface area contributed by atoms with Crippen LogP contribution in [0.5, 0.6) is 11.5 Å². The van der Waals surface area contributed by atoms with Gasteiger partial charge in [-0.15, -0.1) is 0 Å². The van der Waals surface area contributed by atoms with Gasteiger partial charge in [-0.25, -0.2) is 4.39 Å². The van der Waals surface area contributed by atoms with Crippen molar-refractivity contribution in [2.75, 3.05) is 0 Å². The summed E-state index contributed by atoms with van der Waals surface area (Å²) in [6.07, 6.45) is 3.36. The van der Waals surface area contributed by atoms with E-state index in [2.05, 4.69) is 6.92 Å². The quantitative estimate of drug-likeness (QED) is 0.843. The Balaban J connectivity index is 2.14. The van der Waals surface area contributed by atoms with Crippen LogP contribution in [0.25, 0.3) is 0 Å². The molecule has 0 atom stereocenters. The fourth-order valence-corrected chi connectivity index (χ4v) is 2.02. The van der Waals surface area contributed by atoms with Crippen LogP contribution in [-0.4, -0.2) is 5.11 Å². The third-order valence-corrected chi connectivity index (χ3v) is 3.18. The lowest BCUT2D eigenvalue weighted by molar-refractivity contribution is 0.274. The molecule has 1 N–H and O–H groups in total. The van der Waals surface area contributed by atoms with Gasteiger partial charge in [0.1, 0.15) is 5.75 Å². The zero-order valence-corrected chi connectivity index (χ0v) is 11.6. The molecule has 2 nitrogen and oxygen atoms in total. The minimum absolute atomic E-state index is 0.0938. The molecule has 0 saturated heterocycles. The molecular formula is C17H19FO2. The van der Waals surface area contributed by atoms with Crippen molar-refractivity contribution in [2.24, 2.45) is 0 Å². The molecule has 2 aromatic carbocycles. The van der Waals surface area contributed by atoms with Crippen molar-refractivity contribution >= 4 is 0 Å². The molecule has 106 valence electrons. The zero-order chi connectivity index (χ0) is 14.4. The molecule has 0 radical (unpaired) electrons. The number of hydrogen-bond donors (Lipinski definition) is 1. The monoisotopic (exact) mass is 274 g/mol. The number of aliphatic hydroxyl groups excluding tert-OH is 1. The Morgan fingerprint density at radius 1 is 1.10 bits per heavy atom. The van der Waals surface area contributed by atoms with Gasteiger partial charge >= 0.3 is 0 Å². The molecule has 20 heavy (non-hydrogen) atoms. The molecule has 0 aliphatic rings. The van der Waals surface area contributed by atoms with E-state index in [4.69, 9.17) is 4.74 Å². The van der Waals surface area contributed by atoms with Crippen molar-refractivity contribution in [3.05, 3.63) is 59.4 Å². The van der Waals surface area contributed by atoms with Crippen molar-refractivity contribution in [1.29, 1.82) is 0 Å². The van der Waals surface area contributed by atoms with Gasteiger partial charge in [-0.2, -0.15) is 0 Å². The second-order valence-corrected chi connectivity index (χ2v) is 4.74. The number of aliphatic hydroxyl groups is 1. The first kappa shape index (κ1) is 14.5. The van der Waals surface area contributed by atoms with Gasteiger partial charge in [-0.05, 0) is 36.6 Å². The molecule has 0 bridgehead atoms. The second-order valence-electron chi connectivity index (χ2n) is 4.74. The average molecular weight is 274 g/mol. The third kappa shape index (κ3) is 3.58. The molecule has 2 rings (SSSR count). The number of benzene rings is 2. The van der Waals surface area contributed by atoms with E-state index in [0.29, 0.717) is 11.3 Å². The van der Waals surface area contributed by atoms with Crippen molar-refractivity contribution in [3.8, 4) is 11.5 Å². The predicted molar refractivity (Wildman–Crippen MR) is 77.5 cm³/mol. The molecule has 3 heteroatoms. The highest BCUT2D eigenvalue weighted by Gasteiger charge is 2.10. The number of aryl methyl sites for hydroxylation is 1. The number of rotatable bonds is 6. The maximum absolute atomic E-state index is 13.7. The van der Waals surface area contributed by atoms with Gasteiger partial charge in [0.2, 0.25) is 0 Å². The Kier molecular flexibility index (Phi) is 5.13. The van der Waals surface area contributed by atoms with E-state index in [1.165, 1.54) is 11.6 Å². The van der Waals surface area contributed by atoms with Crippen LogP contribution in [0, 0.1) is 5.82 Å². The van der Waals surface area contributed by atoms with Crippen molar-refractivity contribution in [3.63, 3.8) is 0 Å². The van der Waals surface area contributed by atoms with Gasteiger partial charge in [0, 0.05) is 5.56 Å². The van der Waals surface area contributed by atoms with Crippen LogP contribution in [-0.2, 0) is 13.0 Å². The highest BCUT2D eigenvalue weighted by atomic mass is 19.1. The van der Waals surface area contributed by atoms with Gasteiger partial charge < -0.3 is 9.84 Å². The van der Waals surface area contributed by atoms with Crippen molar-refractivity contribution in [2.45, 2.75) is 32.8 Å². The van der Waals surface area contributed by atoms with E-state index in [1.807, 2.05) is 24.3 Å². The first-order chi connectivity index (χ1) is 9.74. The maximum Gasteiger partial charge on any atom is 0.168 e. The van der Waals surface area contributed by atoms with E-state index < -0.39 is 5.82 Å². The van der Waals surface area contributed by atoms with Crippen LogP contribution in [0.15, 0.2) is 42.5 Å². The fraction of sp³-hybridized carbons (Fsp3) is 0.294. The third-order valence-electron chi connectivity index (χ3n) is 3.18. The second kappa shape index (κ2) is 7.06. The maximum atomic E-state index is 13.7. The van der Waals surface area contributed by atoms with Crippen molar-refractivity contribution in [1.82, 2.24) is 0 Å². The standard InChI is InChI=1S/C17H19FO2/c1-2-3-5-13-8-10-15(11-9-13)20-17-14(12-19)6-4-7-16(17)18/h4,6-11,19H,2-3,5,12H2,1H3. The molecule has 0 heterocycles. The minimum Gasteiger partial charge on any atom is -0.454 e. The molecule has 0 aromatic heterocycles. The number of unbranched alkanes of at least 4 members (excludes halogenated alkanes) is 1. The smallest absolute Gasteiger partial charge is 0.168 e. The minimum atomic E-state index is -0.466. The van der Waals surface area contributed by atoms with Gasteiger partial charge in [-0.3, -0.25) is 0 Å². The molecule has 0 unspecified atom stereocenters. The lowest BCUT2D eigenvalue weighted by atomic mass is 10.1. The Hall–Kier alpha value is -1.87. The summed E-state index contributed by atoms with van der Waals surface area (Å²) in [6, 6.07) is 12.2. The normalized spacial score (nSPS) is 10.6. The highest BCUT2D eigenvalue weighted by Crippen LogP contribution is 2.28. The van der Waals surface area contributed by atoms with Crippen LogP contribution in [0.4, 0.5) is 4.39 Å². The Morgan fingerprint density at radius 2 is 1.85 bits per heavy atom. The van der Waals surface area contributed by atoms with E-state index in [1.54, 1.807) is 12.1 Å². The van der Waals surface area contributed by atoms with Crippen molar-refractivity contribution < 1.29 is 14.2 Å². The number of para-hydroxylation sites is 1. The lowest BCUT2D eigenvalue weighted by Crippen LogP contribution is -1.95. The lowest BCUT2D eigenvalue weighted by Gasteiger charge is -2.11. The van der Waals surface area contributed by atoms with Crippen LogP contribution in [0.2, 0.25) is 0 Å². The van der Waals surface area contributed by atoms with E-state index in [9.17, 15) is 9.50 Å². The molecule has 2 aromatic rings. The Bertz CT molecular complexity index is 549. The SMILES string of the molecule is CCCCc1ccc(Oc2c(F)cccc2CO)cc1. The summed E-state index contributed by atoms with van der Waals surface area (Å²) in [5.74, 6) is 0.202. The van der Waals surface area contributed by atoms with E-state index in [0.717, 1.165) is 19.3 Å². The van der Waals surface area contributed by atoms with Crippen LogP contribution >= 0.6 is 0 Å². The Morgan fingerprint density at radius 3 is 2.50 bits per heavy atom. The molecule has 0 amide bonds. The fourth-order valence-electron chi connectivity index (χ4n) is 2.02. The number of ether oxygens (including phenoxy) is 1. The zero-order valence-electron chi connectivity index (χ0n) is 11.6. The Labute approximate surface area is 118 Å². The molecule has 0 aliphatic carbocycles. The molecule has 0 saturated carbocycles. The first-order valence-corrected chi connectivity index (χ1v) is 6.89. The van der Waals surface area contributed by atoms with E-state index in [-0.39, 0.29) is 12.4 Å².